The van der Waals surface area contributed by atoms with E-state index in [0.29, 0.717) is 18.6 Å². The second-order valence-electron chi connectivity index (χ2n) is 5.51. The molecule has 1 fully saturated rings. The molecule has 1 aromatic rings. The van der Waals surface area contributed by atoms with E-state index >= 15 is 0 Å². The van der Waals surface area contributed by atoms with E-state index in [0.717, 1.165) is 0 Å². The molecule has 0 aromatic carbocycles. The lowest BCUT2D eigenvalue weighted by molar-refractivity contribution is 0.173. The molecule has 0 aliphatic heterocycles. The van der Waals surface area contributed by atoms with Gasteiger partial charge in [-0.1, -0.05) is 13.3 Å². The molecule has 1 saturated carbocycles. The van der Waals surface area contributed by atoms with Crippen LogP contribution in [0.2, 0.25) is 0 Å². The molecule has 1 aliphatic rings. The SMILES string of the molecule is CCCC(C)N(C)C(CN)c1cncn1C1CC1. The van der Waals surface area contributed by atoms with Crippen LogP contribution >= 0.6 is 0 Å². The van der Waals surface area contributed by atoms with Crippen molar-refractivity contribution in [1.82, 2.24) is 14.5 Å². The Morgan fingerprint density at radius 3 is 2.83 bits per heavy atom. The second-order valence-corrected chi connectivity index (χ2v) is 5.51. The molecule has 0 bridgehead atoms. The molecule has 0 spiro atoms. The van der Waals surface area contributed by atoms with Gasteiger partial charge in [-0.3, -0.25) is 4.90 Å². The van der Waals surface area contributed by atoms with Gasteiger partial charge in [0.05, 0.1) is 18.1 Å². The molecule has 4 nitrogen and oxygen atoms in total. The van der Waals surface area contributed by atoms with Crippen LogP contribution in [-0.2, 0) is 0 Å². The zero-order valence-electron chi connectivity index (χ0n) is 11.8. The van der Waals surface area contributed by atoms with Crippen LogP contribution in [0, 0.1) is 0 Å². The Morgan fingerprint density at radius 2 is 2.28 bits per heavy atom. The first-order valence-corrected chi connectivity index (χ1v) is 7.12. The topological polar surface area (TPSA) is 47.1 Å². The van der Waals surface area contributed by atoms with Gasteiger partial charge in [0.2, 0.25) is 0 Å². The molecule has 4 heteroatoms. The van der Waals surface area contributed by atoms with Gasteiger partial charge in [0.25, 0.3) is 0 Å². The highest BCUT2D eigenvalue weighted by molar-refractivity contribution is 5.10. The van der Waals surface area contributed by atoms with Crippen molar-refractivity contribution in [1.29, 1.82) is 0 Å². The van der Waals surface area contributed by atoms with Crippen LogP contribution < -0.4 is 5.73 Å². The number of aromatic nitrogens is 2. The van der Waals surface area contributed by atoms with Crippen molar-refractivity contribution >= 4 is 0 Å². The Morgan fingerprint density at radius 1 is 1.56 bits per heavy atom. The van der Waals surface area contributed by atoms with Crippen LogP contribution in [0.3, 0.4) is 0 Å². The van der Waals surface area contributed by atoms with Gasteiger partial charge in [-0.25, -0.2) is 4.98 Å². The van der Waals surface area contributed by atoms with E-state index in [1.54, 1.807) is 0 Å². The van der Waals surface area contributed by atoms with Crippen molar-refractivity contribution < 1.29 is 0 Å². The molecule has 0 radical (unpaired) electrons. The highest BCUT2D eigenvalue weighted by Gasteiger charge is 2.29. The van der Waals surface area contributed by atoms with Gasteiger partial charge in [0.1, 0.15) is 0 Å². The van der Waals surface area contributed by atoms with Gasteiger partial charge in [-0.05, 0) is 33.2 Å². The van der Waals surface area contributed by atoms with Gasteiger partial charge < -0.3 is 10.3 Å². The normalized spacial score (nSPS) is 19.2. The Labute approximate surface area is 110 Å². The zero-order valence-corrected chi connectivity index (χ0v) is 11.8. The maximum Gasteiger partial charge on any atom is 0.0951 e. The molecular weight excluding hydrogens is 224 g/mol. The lowest BCUT2D eigenvalue weighted by Gasteiger charge is -2.32. The van der Waals surface area contributed by atoms with Gasteiger partial charge >= 0.3 is 0 Å². The van der Waals surface area contributed by atoms with Crippen molar-refractivity contribution in [2.24, 2.45) is 5.73 Å². The Kier molecular flexibility index (Phi) is 4.40. The predicted octanol–water partition coefficient (Wildman–Crippen LogP) is 2.34. The lowest BCUT2D eigenvalue weighted by Crippen LogP contribution is -2.38. The first kappa shape index (κ1) is 13.6. The summed E-state index contributed by atoms with van der Waals surface area (Å²) in [5, 5.41) is 0. The number of hydrogen-bond donors (Lipinski definition) is 1. The van der Waals surface area contributed by atoms with Crippen LogP contribution in [0.5, 0.6) is 0 Å². The summed E-state index contributed by atoms with van der Waals surface area (Å²) in [7, 11) is 2.18. The summed E-state index contributed by atoms with van der Waals surface area (Å²) in [4.78, 5) is 6.72. The maximum absolute atomic E-state index is 6.01. The Bertz CT molecular complexity index is 370. The third kappa shape index (κ3) is 2.75. The minimum Gasteiger partial charge on any atom is -0.330 e. The van der Waals surface area contributed by atoms with Crippen molar-refractivity contribution in [3.05, 3.63) is 18.2 Å². The van der Waals surface area contributed by atoms with E-state index in [2.05, 4.69) is 35.3 Å². The Balaban J connectivity index is 2.13. The van der Waals surface area contributed by atoms with Gasteiger partial charge in [-0.15, -0.1) is 0 Å². The summed E-state index contributed by atoms with van der Waals surface area (Å²) < 4.78 is 2.33. The summed E-state index contributed by atoms with van der Waals surface area (Å²) in [6.07, 6.45) is 8.96. The molecular formula is C14H26N4. The van der Waals surface area contributed by atoms with E-state index in [1.807, 2.05) is 12.5 Å². The molecule has 2 N–H and O–H groups in total. The monoisotopic (exact) mass is 250 g/mol. The highest BCUT2D eigenvalue weighted by atomic mass is 15.2. The number of hydrogen-bond acceptors (Lipinski definition) is 3. The van der Waals surface area contributed by atoms with E-state index < -0.39 is 0 Å². The molecule has 1 heterocycles. The fourth-order valence-corrected chi connectivity index (χ4v) is 2.66. The van der Waals surface area contributed by atoms with Crippen LogP contribution in [0.1, 0.15) is 57.3 Å². The van der Waals surface area contributed by atoms with E-state index in [1.165, 1.54) is 31.4 Å². The lowest BCUT2D eigenvalue weighted by atomic mass is 10.1. The molecule has 1 aromatic heterocycles. The summed E-state index contributed by atoms with van der Waals surface area (Å²) in [6, 6.07) is 1.52. The number of rotatable bonds is 7. The molecule has 0 saturated heterocycles. The van der Waals surface area contributed by atoms with Crippen LogP contribution in [0.25, 0.3) is 0 Å². The second kappa shape index (κ2) is 5.85. The van der Waals surface area contributed by atoms with Crippen molar-refractivity contribution in [2.75, 3.05) is 13.6 Å². The van der Waals surface area contributed by atoms with Crippen molar-refractivity contribution in [2.45, 2.75) is 57.7 Å². The van der Waals surface area contributed by atoms with Crippen molar-refractivity contribution in [3.8, 4) is 0 Å². The first-order chi connectivity index (χ1) is 8.69. The van der Waals surface area contributed by atoms with E-state index in [-0.39, 0.29) is 6.04 Å². The minimum atomic E-state index is 0.287. The average molecular weight is 250 g/mol. The van der Waals surface area contributed by atoms with E-state index in [4.69, 9.17) is 5.73 Å². The van der Waals surface area contributed by atoms with Gasteiger partial charge in [-0.2, -0.15) is 0 Å². The summed E-state index contributed by atoms with van der Waals surface area (Å²) in [5.41, 5.74) is 7.29. The largest absolute Gasteiger partial charge is 0.330 e. The van der Waals surface area contributed by atoms with Crippen LogP contribution in [0.15, 0.2) is 12.5 Å². The zero-order chi connectivity index (χ0) is 13.1. The molecule has 1 aliphatic carbocycles. The average Bonchev–Trinajstić information content (AvgIpc) is 3.10. The smallest absolute Gasteiger partial charge is 0.0951 e. The molecule has 2 atom stereocenters. The van der Waals surface area contributed by atoms with Crippen LogP contribution in [0.4, 0.5) is 0 Å². The molecule has 0 amide bonds. The van der Waals surface area contributed by atoms with Gasteiger partial charge in [0.15, 0.2) is 0 Å². The van der Waals surface area contributed by atoms with Crippen LogP contribution in [-0.4, -0.2) is 34.1 Å². The maximum atomic E-state index is 6.01. The fourth-order valence-electron chi connectivity index (χ4n) is 2.66. The summed E-state index contributed by atoms with van der Waals surface area (Å²) in [5.74, 6) is 0. The first-order valence-electron chi connectivity index (χ1n) is 7.12. The molecule has 2 rings (SSSR count). The fraction of sp³-hybridized carbons (Fsp3) is 0.786. The number of nitrogens with two attached hydrogens (primary N) is 1. The van der Waals surface area contributed by atoms with Gasteiger partial charge in [0, 0.05) is 24.8 Å². The number of imidazole rings is 1. The van der Waals surface area contributed by atoms with Crippen molar-refractivity contribution in [3.63, 3.8) is 0 Å². The van der Waals surface area contributed by atoms with E-state index in [9.17, 15) is 0 Å². The molecule has 18 heavy (non-hydrogen) atoms. The standard InChI is InChI=1S/C14H26N4/c1-4-5-11(2)17(3)13(8-15)14-9-16-10-18(14)12-6-7-12/h9-13H,4-8,15H2,1-3H3. The molecule has 2 unspecified atom stereocenters. The minimum absolute atomic E-state index is 0.287. The summed E-state index contributed by atoms with van der Waals surface area (Å²) in [6.45, 7) is 5.17. The number of nitrogens with zero attached hydrogens (tertiary/aromatic N) is 3. The predicted molar refractivity (Wildman–Crippen MR) is 74.4 cm³/mol. The Hall–Kier alpha value is -0.870. The molecule has 102 valence electrons. The number of likely N-dealkylation sites (N-methyl/N-ethyl adjacent to an activating group) is 1. The third-order valence-electron chi connectivity index (χ3n) is 4.09. The third-order valence-corrected chi connectivity index (χ3v) is 4.09. The quantitative estimate of drug-likeness (QED) is 0.808. The summed E-state index contributed by atoms with van der Waals surface area (Å²) >= 11 is 0. The highest BCUT2D eigenvalue weighted by Crippen LogP contribution is 2.37.